The summed E-state index contributed by atoms with van der Waals surface area (Å²) < 4.78 is 12.5. The number of carbonyl (C=O) groups is 5. The van der Waals surface area contributed by atoms with E-state index in [-0.39, 0.29) is 43.0 Å². The third kappa shape index (κ3) is 16.0. The Labute approximate surface area is 303 Å². The molecule has 0 radical (unpaired) electrons. The van der Waals surface area contributed by atoms with Gasteiger partial charge in [0.1, 0.15) is 19.2 Å². The summed E-state index contributed by atoms with van der Waals surface area (Å²) in [6, 6.07) is 0.585. The van der Waals surface area contributed by atoms with E-state index < -0.39 is 35.8 Å². The SMILES string of the molecule is Cl.[2H]N[C@@H](Cc1c(C)cc(O)cc1C)C(=O)N[C@@H](CCSC)C(=O)NCC(=O)N[C@@H](CC1CCCCC1)C(=O)N(C)CCCCCC(=O)OC. The second-order valence-electron chi connectivity index (χ2n) is 12.9. The number of amides is 4. The molecule has 1 aliphatic rings. The van der Waals surface area contributed by atoms with Gasteiger partial charge in [0.25, 0.3) is 0 Å². The number of benzene rings is 1. The van der Waals surface area contributed by atoms with Crippen molar-refractivity contribution in [3.05, 3.63) is 28.8 Å². The fourth-order valence-corrected chi connectivity index (χ4v) is 6.62. The van der Waals surface area contributed by atoms with Crippen LogP contribution in [0.2, 0.25) is 1.41 Å². The minimum absolute atomic E-state index is 0. The molecule has 4 amide bonds. The Morgan fingerprint density at radius 3 is 2.33 bits per heavy atom. The van der Waals surface area contributed by atoms with Crippen LogP contribution in [0.15, 0.2) is 12.1 Å². The Hall–Kier alpha value is -3.03. The molecule has 1 aliphatic carbocycles. The molecule has 49 heavy (non-hydrogen) atoms. The number of unbranched alkanes of at least 4 members (excludes halogenated alkanes) is 2. The second-order valence-corrected chi connectivity index (χ2v) is 13.9. The quantitative estimate of drug-likeness (QED) is 0.0938. The predicted molar refractivity (Wildman–Crippen MR) is 196 cm³/mol. The summed E-state index contributed by atoms with van der Waals surface area (Å²) >= 11 is 1.51. The van der Waals surface area contributed by atoms with E-state index in [1.807, 2.05) is 20.1 Å². The molecule has 0 unspecified atom stereocenters. The molecule has 0 spiro atoms. The van der Waals surface area contributed by atoms with Gasteiger partial charge in [-0.1, -0.05) is 38.5 Å². The predicted octanol–water partition coefficient (Wildman–Crippen LogP) is 3.30. The summed E-state index contributed by atoms with van der Waals surface area (Å²) in [4.78, 5) is 66.1. The average Bonchev–Trinajstić information content (AvgIpc) is 3.07. The van der Waals surface area contributed by atoms with Crippen LogP contribution < -0.4 is 21.7 Å². The van der Waals surface area contributed by atoms with E-state index in [1.165, 1.54) is 25.3 Å². The van der Waals surface area contributed by atoms with E-state index in [0.717, 1.165) is 48.8 Å². The lowest BCUT2D eigenvalue weighted by Crippen LogP contribution is -2.54. The Bertz CT molecular complexity index is 1230. The first-order valence-electron chi connectivity index (χ1n) is 17.5. The molecule has 14 heteroatoms. The van der Waals surface area contributed by atoms with Gasteiger partial charge in [-0.25, -0.2) is 0 Å². The fraction of sp³-hybridized carbons (Fsp3) is 0.686. The maximum absolute atomic E-state index is 13.5. The molecule has 1 aromatic carbocycles. The van der Waals surface area contributed by atoms with E-state index in [4.69, 9.17) is 1.41 Å². The number of ether oxygens (including phenoxy) is 1. The lowest BCUT2D eigenvalue weighted by atomic mass is 9.84. The zero-order valence-electron chi connectivity index (χ0n) is 30.7. The van der Waals surface area contributed by atoms with Crippen LogP contribution in [0.3, 0.4) is 0 Å². The number of carbonyl (C=O) groups excluding carboxylic acids is 5. The van der Waals surface area contributed by atoms with E-state index >= 15 is 0 Å². The molecule has 1 aromatic rings. The molecule has 6 N–H and O–H groups in total. The van der Waals surface area contributed by atoms with Crippen LogP contribution in [-0.4, -0.2) is 97.0 Å². The van der Waals surface area contributed by atoms with Crippen LogP contribution in [0.25, 0.3) is 0 Å². The van der Waals surface area contributed by atoms with Crippen LogP contribution in [0.1, 0.15) is 87.3 Å². The third-order valence-electron chi connectivity index (χ3n) is 8.98. The maximum Gasteiger partial charge on any atom is 0.305 e. The summed E-state index contributed by atoms with van der Waals surface area (Å²) in [5.74, 6) is -0.968. The first kappa shape index (κ1) is 42.1. The number of esters is 1. The summed E-state index contributed by atoms with van der Waals surface area (Å²) in [7, 11) is 3.08. The monoisotopic (exact) mass is 728 g/mol. The lowest BCUT2D eigenvalue weighted by molar-refractivity contribution is -0.140. The molecule has 3 atom stereocenters. The summed E-state index contributed by atoms with van der Waals surface area (Å²) in [5, 5.41) is 18.1. The van der Waals surface area contributed by atoms with E-state index in [0.29, 0.717) is 50.3 Å². The topological polar surface area (TPSA) is 180 Å². The van der Waals surface area contributed by atoms with Crippen molar-refractivity contribution in [2.45, 2.75) is 109 Å². The Morgan fingerprint density at radius 1 is 1.04 bits per heavy atom. The van der Waals surface area contributed by atoms with Gasteiger partial charge in [0.2, 0.25) is 23.6 Å². The molecule has 2 rings (SSSR count). The number of nitrogens with one attached hydrogen (secondary N) is 3. The van der Waals surface area contributed by atoms with E-state index in [1.54, 1.807) is 24.1 Å². The Kier molecular flexibility index (Phi) is 20.1. The summed E-state index contributed by atoms with van der Waals surface area (Å²) in [5.41, 5.74) is 4.69. The molecule has 1 saturated carbocycles. The summed E-state index contributed by atoms with van der Waals surface area (Å²) in [6.07, 6.45) is 10.8. The number of thioether (sulfide) groups is 1. The number of methoxy groups -OCH3 is 1. The number of nitrogens with two attached hydrogens (primary N) is 1. The smallest absolute Gasteiger partial charge is 0.305 e. The van der Waals surface area contributed by atoms with Crippen molar-refractivity contribution >= 4 is 53.8 Å². The first-order valence-corrected chi connectivity index (χ1v) is 18.4. The van der Waals surface area contributed by atoms with Crippen LogP contribution >= 0.6 is 24.2 Å². The molecule has 0 aromatic heterocycles. The molecule has 278 valence electrons. The van der Waals surface area contributed by atoms with Crippen LogP contribution in [0.4, 0.5) is 0 Å². The van der Waals surface area contributed by atoms with Crippen molar-refractivity contribution in [3.63, 3.8) is 0 Å². The van der Waals surface area contributed by atoms with Gasteiger partial charge in [0.15, 0.2) is 0 Å². The highest BCUT2D eigenvalue weighted by Gasteiger charge is 2.29. The third-order valence-corrected chi connectivity index (χ3v) is 9.62. The van der Waals surface area contributed by atoms with Gasteiger partial charge in [0.05, 0.1) is 19.7 Å². The number of aryl methyl sites for hydroxylation is 2. The highest BCUT2D eigenvalue weighted by molar-refractivity contribution is 7.98. The number of nitrogens with zero attached hydrogens (tertiary/aromatic N) is 1. The van der Waals surface area contributed by atoms with Crippen molar-refractivity contribution in [3.8, 4) is 5.75 Å². The second kappa shape index (κ2) is 23.4. The number of phenolic OH excluding ortho intramolecular Hbond substituents is 1. The van der Waals surface area contributed by atoms with Gasteiger partial charge in [-0.2, -0.15) is 11.8 Å². The number of hydrogen-bond donors (Lipinski definition) is 5. The molecule has 0 aliphatic heterocycles. The normalized spacial score (nSPS) is 15.1. The molecule has 0 saturated heterocycles. The standard InChI is InChI=1S/C35H57N5O7S.ClH/c1-23-18-26(41)19-24(2)27(23)21-28(36)33(44)39-29(15-17-48-5)34(45)37-22-31(42)38-30(20-25-12-8-6-9-13-25)35(46)40(3)16-11-7-10-14-32(43)47-4;/h18-19,25,28-30,41H,6-17,20-22,36H2,1-5H3,(H,37,45)(H,38,42)(H,39,44);1H/t28-,29-,30-;/m0./s1/i/hD. The van der Waals surface area contributed by atoms with E-state index in [2.05, 4.69) is 26.4 Å². The van der Waals surface area contributed by atoms with Gasteiger partial charge in [-0.3, -0.25) is 24.0 Å². The highest BCUT2D eigenvalue weighted by atomic mass is 35.5. The lowest BCUT2D eigenvalue weighted by Gasteiger charge is -2.29. The van der Waals surface area contributed by atoms with Crippen molar-refractivity contribution in [2.75, 3.05) is 39.3 Å². The molecule has 1 fully saturated rings. The van der Waals surface area contributed by atoms with Crippen LogP contribution in [0, 0.1) is 19.8 Å². The number of likely N-dealkylation sites (N-methyl/N-ethyl adjacent to an activating group) is 1. The molecule has 0 heterocycles. The molecule has 0 bridgehead atoms. The summed E-state index contributed by atoms with van der Waals surface area (Å²) in [6.45, 7) is 3.77. The van der Waals surface area contributed by atoms with Crippen molar-refractivity contribution in [1.82, 2.24) is 20.9 Å². The van der Waals surface area contributed by atoms with Crippen molar-refractivity contribution < 1.29 is 35.2 Å². The zero-order valence-corrected chi connectivity index (χ0v) is 31.4. The molecule has 12 nitrogen and oxygen atoms in total. The maximum atomic E-state index is 13.5. The number of rotatable bonds is 21. The number of hydrogen-bond acceptors (Lipinski definition) is 9. The fourth-order valence-electron chi connectivity index (χ4n) is 6.15. The van der Waals surface area contributed by atoms with Crippen molar-refractivity contribution in [1.29, 1.82) is 0 Å². The van der Waals surface area contributed by atoms with Gasteiger partial charge in [0, 0.05) is 20.0 Å². The zero-order chi connectivity index (χ0) is 36.3. The number of halogens is 1. The molecular formula is C35H58ClN5O7S. The minimum atomic E-state index is -0.953. The van der Waals surface area contributed by atoms with Gasteiger partial charge in [-0.15, -0.1) is 12.4 Å². The Balaban J connectivity index is 0.0000125. The van der Waals surface area contributed by atoms with Gasteiger partial charge >= 0.3 is 5.97 Å². The molecular weight excluding hydrogens is 670 g/mol. The van der Waals surface area contributed by atoms with Crippen molar-refractivity contribution in [2.24, 2.45) is 11.6 Å². The number of phenols is 1. The average molecular weight is 729 g/mol. The Morgan fingerprint density at radius 2 is 1.71 bits per heavy atom. The number of aromatic hydroxyl groups is 1. The minimum Gasteiger partial charge on any atom is -0.508 e. The van der Waals surface area contributed by atoms with Crippen LogP contribution in [0.5, 0.6) is 5.75 Å². The largest absolute Gasteiger partial charge is 0.508 e. The highest BCUT2D eigenvalue weighted by Crippen LogP contribution is 2.28. The van der Waals surface area contributed by atoms with E-state index in [9.17, 15) is 29.1 Å². The van der Waals surface area contributed by atoms with Gasteiger partial charge < -0.3 is 36.4 Å². The first-order chi connectivity index (χ1) is 23.4. The van der Waals surface area contributed by atoms with Gasteiger partial charge in [-0.05, 0) is 92.7 Å². The van der Waals surface area contributed by atoms with Crippen LogP contribution in [-0.2, 0) is 35.1 Å².